The van der Waals surface area contributed by atoms with Gasteiger partial charge in [0.05, 0.1) is 17.0 Å². The zero-order chi connectivity index (χ0) is 26.8. The maximum Gasteiger partial charge on any atom is 0.417 e. The summed E-state index contributed by atoms with van der Waals surface area (Å²) in [7, 11) is 6.23. The predicted octanol–water partition coefficient (Wildman–Crippen LogP) is 2.90. The molecule has 3 unspecified atom stereocenters. The number of fused-ring (bicyclic) bond motifs is 1. The Morgan fingerprint density at radius 3 is 2.22 bits per heavy atom. The molecule has 1 aromatic heterocycles. The van der Waals surface area contributed by atoms with Crippen LogP contribution in [0.4, 0.5) is 13.2 Å². The molecular weight excluding hydrogens is 482 g/mol. The molecule has 0 spiro atoms. The molecule has 7 nitrogen and oxygen atoms in total. The number of rotatable bonds is 5. The van der Waals surface area contributed by atoms with E-state index in [1.165, 1.54) is 25.3 Å². The molecule has 4 fully saturated rings. The van der Waals surface area contributed by atoms with E-state index in [9.17, 15) is 18.3 Å². The third-order valence-electron chi connectivity index (χ3n) is 8.15. The number of hydrogen-bond donors (Lipinski definition) is 4. The minimum atomic E-state index is -4.49. The fraction of sp³-hybridized carbons (Fsp3) is 0.654. The van der Waals surface area contributed by atoms with Crippen LogP contribution < -0.4 is 17.2 Å². The number of ether oxygens (including phenoxy) is 1. The highest BCUT2D eigenvalue weighted by molar-refractivity contribution is 6.14. The van der Waals surface area contributed by atoms with Crippen LogP contribution in [0.3, 0.4) is 0 Å². The van der Waals surface area contributed by atoms with Crippen molar-refractivity contribution in [2.45, 2.75) is 56.7 Å². The maximum absolute atomic E-state index is 12.9. The first-order valence-electron chi connectivity index (χ1n) is 13.1. The average molecular weight is 519 g/mol. The van der Waals surface area contributed by atoms with Gasteiger partial charge in [-0.15, -0.1) is 0 Å². The van der Waals surface area contributed by atoms with Crippen LogP contribution in [-0.2, 0) is 10.9 Å². The highest BCUT2D eigenvalue weighted by Gasteiger charge is 2.45. The van der Waals surface area contributed by atoms with Crippen molar-refractivity contribution >= 4 is 13.5 Å². The summed E-state index contributed by atoms with van der Waals surface area (Å²) in [6.45, 7) is 3.47. The van der Waals surface area contributed by atoms with Crippen molar-refractivity contribution < 1.29 is 23.0 Å². The van der Waals surface area contributed by atoms with Gasteiger partial charge in [0.15, 0.2) is 0 Å². The van der Waals surface area contributed by atoms with Crippen molar-refractivity contribution in [3.8, 4) is 0 Å². The molecule has 202 valence electrons. The first kappa shape index (κ1) is 27.8. The van der Waals surface area contributed by atoms with Crippen LogP contribution in [0.2, 0.25) is 0 Å². The van der Waals surface area contributed by atoms with Crippen molar-refractivity contribution in [3.05, 3.63) is 47.1 Å². The zero-order valence-corrected chi connectivity index (χ0v) is 21.1. The lowest BCUT2D eigenvalue weighted by atomic mass is 9.74. The smallest absolute Gasteiger partial charge is 0.398 e. The molecule has 2 aliphatic carbocycles. The van der Waals surface area contributed by atoms with Gasteiger partial charge >= 0.3 is 6.18 Å². The number of allylic oxidation sites excluding steroid dienone is 2. The first-order chi connectivity index (χ1) is 17.5. The molecule has 7 N–H and O–H groups in total. The Bertz CT molecular complexity index is 990. The van der Waals surface area contributed by atoms with Crippen LogP contribution in [0.5, 0.6) is 0 Å². The van der Waals surface area contributed by atoms with Crippen molar-refractivity contribution in [1.29, 1.82) is 0 Å². The third-order valence-corrected chi connectivity index (χ3v) is 8.15. The molecule has 2 saturated carbocycles. The molecule has 5 rings (SSSR count). The van der Waals surface area contributed by atoms with E-state index in [1.807, 2.05) is 0 Å². The standard InChI is InChI=1S/C13H22BNO2.C13H15F3N4/c14-13(16,12-4-6-17-7-5-12)15-8-10-2-1-3-11(10)9-15;14-13(15,16)10-3-4-20-6-9(10)11(17)5-8(12(18)19)7-1-2-7/h10-12,16H,1-9H2;3-7H,1-2,17-19H2/b;11-5-. The second kappa shape index (κ2) is 11.2. The van der Waals surface area contributed by atoms with Crippen LogP contribution >= 0.6 is 0 Å². The summed E-state index contributed by atoms with van der Waals surface area (Å²) in [5, 5.41) is 10.6. The number of likely N-dealkylation sites (tertiary alicyclic amines) is 1. The Morgan fingerprint density at radius 1 is 1.05 bits per heavy atom. The van der Waals surface area contributed by atoms with Gasteiger partial charge in [0.1, 0.15) is 7.85 Å². The van der Waals surface area contributed by atoms with Gasteiger partial charge in [-0.3, -0.25) is 9.88 Å². The second-order valence-electron chi connectivity index (χ2n) is 10.7. The number of nitrogens with two attached hydrogens (primary N) is 3. The van der Waals surface area contributed by atoms with E-state index in [0.717, 1.165) is 82.3 Å². The maximum atomic E-state index is 12.9. The molecular formula is C26H37BF3N5O2. The monoisotopic (exact) mass is 519 g/mol. The molecule has 2 saturated heterocycles. The highest BCUT2D eigenvalue weighted by atomic mass is 19.4. The summed E-state index contributed by atoms with van der Waals surface area (Å²) < 4.78 is 44.1. The molecule has 3 atom stereocenters. The Labute approximate surface area is 217 Å². The summed E-state index contributed by atoms with van der Waals surface area (Å²) in [5.41, 5.74) is 15.3. The summed E-state index contributed by atoms with van der Waals surface area (Å²) in [6.07, 6.45) is 6.71. The van der Waals surface area contributed by atoms with Gasteiger partial charge < -0.3 is 27.0 Å². The van der Waals surface area contributed by atoms with Crippen LogP contribution in [0.1, 0.15) is 56.1 Å². The molecule has 3 heterocycles. The van der Waals surface area contributed by atoms with Crippen molar-refractivity contribution in [2.24, 2.45) is 40.9 Å². The second-order valence-corrected chi connectivity index (χ2v) is 10.7. The third kappa shape index (κ3) is 6.62. The topological polar surface area (TPSA) is 124 Å². The summed E-state index contributed by atoms with van der Waals surface area (Å²) in [6, 6.07) is 0.891. The summed E-state index contributed by atoms with van der Waals surface area (Å²) in [5.74, 6) is 2.02. The molecule has 0 aromatic carbocycles. The Balaban J connectivity index is 0.000000175. The average Bonchev–Trinajstić information content (AvgIpc) is 3.46. The Morgan fingerprint density at radius 2 is 1.68 bits per heavy atom. The van der Waals surface area contributed by atoms with Gasteiger partial charge in [-0.2, -0.15) is 13.2 Å². The number of alkyl halides is 3. The number of pyridine rings is 1. The van der Waals surface area contributed by atoms with Gasteiger partial charge in [0, 0.05) is 50.0 Å². The molecule has 2 radical (unpaired) electrons. The van der Waals surface area contributed by atoms with E-state index in [0.29, 0.717) is 5.57 Å². The molecule has 11 heteroatoms. The molecule has 37 heavy (non-hydrogen) atoms. The fourth-order valence-electron chi connectivity index (χ4n) is 5.86. The number of aliphatic hydroxyl groups is 1. The largest absolute Gasteiger partial charge is 0.417 e. The van der Waals surface area contributed by atoms with E-state index >= 15 is 0 Å². The van der Waals surface area contributed by atoms with E-state index in [2.05, 4.69) is 9.88 Å². The number of hydrogen-bond acceptors (Lipinski definition) is 7. The van der Waals surface area contributed by atoms with Gasteiger partial charge in [-0.05, 0) is 79.9 Å². The van der Waals surface area contributed by atoms with E-state index in [4.69, 9.17) is 29.8 Å². The summed E-state index contributed by atoms with van der Waals surface area (Å²) in [4.78, 5) is 5.83. The lowest BCUT2D eigenvalue weighted by Gasteiger charge is -2.43. The molecule has 1 aromatic rings. The number of halogens is 3. The van der Waals surface area contributed by atoms with E-state index in [1.54, 1.807) is 0 Å². The lowest BCUT2D eigenvalue weighted by Crippen LogP contribution is -2.55. The molecule has 4 aliphatic rings. The summed E-state index contributed by atoms with van der Waals surface area (Å²) >= 11 is 0. The Kier molecular flexibility index (Phi) is 8.45. The quantitative estimate of drug-likeness (QED) is 0.349. The SMILES string of the molecule is NC(N)=C(/C=C(\N)c1cnccc1C(F)(F)F)C1CC1.[B]C(O)(C1CCOCC1)N1CC2CCCC2C1. The van der Waals surface area contributed by atoms with Gasteiger partial charge in [0.25, 0.3) is 0 Å². The van der Waals surface area contributed by atoms with Crippen LogP contribution in [0, 0.1) is 23.7 Å². The van der Waals surface area contributed by atoms with Crippen molar-refractivity contribution in [3.63, 3.8) is 0 Å². The highest BCUT2D eigenvalue weighted by Crippen LogP contribution is 2.42. The van der Waals surface area contributed by atoms with Crippen molar-refractivity contribution in [1.82, 2.24) is 9.88 Å². The van der Waals surface area contributed by atoms with Crippen LogP contribution in [0.25, 0.3) is 5.70 Å². The van der Waals surface area contributed by atoms with Gasteiger partial charge in [-0.25, -0.2) is 0 Å². The zero-order valence-electron chi connectivity index (χ0n) is 21.1. The Hall–Kier alpha value is -2.24. The molecule has 2 aliphatic heterocycles. The van der Waals surface area contributed by atoms with Crippen LogP contribution in [-0.4, -0.2) is 54.8 Å². The van der Waals surface area contributed by atoms with Gasteiger partial charge in [0.2, 0.25) is 0 Å². The molecule has 0 bridgehead atoms. The minimum absolute atomic E-state index is 0.0410. The fourth-order valence-corrected chi connectivity index (χ4v) is 5.86. The minimum Gasteiger partial charge on any atom is -0.398 e. The van der Waals surface area contributed by atoms with Gasteiger partial charge in [-0.1, -0.05) is 6.42 Å². The van der Waals surface area contributed by atoms with E-state index in [-0.39, 0.29) is 28.9 Å². The first-order valence-corrected chi connectivity index (χ1v) is 13.1. The number of aromatic nitrogens is 1. The number of nitrogens with zero attached hydrogens (tertiary/aromatic N) is 2. The molecule has 0 amide bonds. The van der Waals surface area contributed by atoms with E-state index < -0.39 is 17.4 Å². The lowest BCUT2D eigenvalue weighted by molar-refractivity contribution is -0.137. The normalized spacial score (nSPS) is 26.6. The van der Waals surface area contributed by atoms with Crippen LogP contribution in [0.15, 0.2) is 35.9 Å². The predicted molar refractivity (Wildman–Crippen MR) is 136 cm³/mol. The van der Waals surface area contributed by atoms with Crippen molar-refractivity contribution in [2.75, 3.05) is 26.3 Å².